The van der Waals surface area contributed by atoms with E-state index in [-0.39, 0.29) is 58.4 Å². The SMILES string of the molecule is COc1nc2[nH]ccc2cc1Oc1cc(N2CCC3(CC2)CC(N2CCOC[C@H]2c2ccccc2C(C)C)C3)ccc1C(=O)NS(=O)(=O)c1cc2c(c([N+](=O)[O-])c1)O[C@H](CC1CCC(C)(O)CC1)CO2. The smallest absolute Gasteiger partial charge is 0.316 e. The fourth-order valence-corrected chi connectivity index (χ4v) is 12.5. The third kappa shape index (κ3) is 9.62. The summed E-state index contributed by atoms with van der Waals surface area (Å²) in [5.41, 5.74) is 2.92. The normalized spacial score (nSPS) is 23.8. The number of carbonyl (C=O) groups is 1. The molecule has 5 heterocycles. The van der Waals surface area contributed by atoms with Crippen LogP contribution in [-0.4, -0.2) is 104 Å². The highest BCUT2D eigenvalue weighted by Crippen LogP contribution is 2.53. The number of rotatable bonds is 13. The van der Waals surface area contributed by atoms with Crippen molar-refractivity contribution >= 4 is 38.3 Å². The third-order valence-corrected chi connectivity index (χ3v) is 16.8. The Hall–Kier alpha value is -5.95. The van der Waals surface area contributed by atoms with Gasteiger partial charge in [0.1, 0.15) is 24.1 Å². The molecule has 2 atom stereocenters. The lowest BCUT2D eigenvalue weighted by Gasteiger charge is -2.57. The number of nitro benzene ring substituents is 1. The molecule has 372 valence electrons. The Morgan fingerprint density at radius 1 is 1.01 bits per heavy atom. The summed E-state index contributed by atoms with van der Waals surface area (Å²) in [7, 11) is -3.27. The predicted molar refractivity (Wildman–Crippen MR) is 262 cm³/mol. The van der Waals surface area contributed by atoms with E-state index in [1.165, 1.54) is 24.3 Å². The van der Waals surface area contributed by atoms with Crippen LogP contribution in [0.3, 0.4) is 0 Å². The number of H-pyrrole nitrogens is 1. The number of piperidine rings is 1. The number of hydrogen-bond acceptors (Lipinski definition) is 14. The van der Waals surface area contributed by atoms with Gasteiger partial charge in [0.2, 0.25) is 5.75 Å². The van der Waals surface area contributed by atoms with E-state index >= 15 is 0 Å². The summed E-state index contributed by atoms with van der Waals surface area (Å²) in [4.78, 5) is 37.9. The number of fused-ring (bicyclic) bond motifs is 2. The molecule has 0 unspecified atom stereocenters. The van der Waals surface area contributed by atoms with Crippen LogP contribution in [0.15, 0.2) is 77.8 Å². The number of nitrogens with zero attached hydrogens (tertiary/aromatic N) is 4. The van der Waals surface area contributed by atoms with Crippen LogP contribution < -0.4 is 28.6 Å². The van der Waals surface area contributed by atoms with E-state index in [2.05, 4.69) is 62.6 Å². The number of carbonyl (C=O) groups excluding carboxylic acids is 1. The molecule has 2 aromatic heterocycles. The molecule has 1 spiro atoms. The summed E-state index contributed by atoms with van der Waals surface area (Å²) >= 11 is 0. The van der Waals surface area contributed by atoms with Gasteiger partial charge in [-0.15, -0.1) is 0 Å². The Morgan fingerprint density at radius 3 is 2.53 bits per heavy atom. The van der Waals surface area contributed by atoms with Crippen LogP contribution in [0.2, 0.25) is 0 Å². The van der Waals surface area contributed by atoms with Gasteiger partial charge < -0.3 is 38.7 Å². The third-order valence-electron chi connectivity index (χ3n) is 15.5. The molecule has 3 aliphatic heterocycles. The number of methoxy groups -OCH3 is 1. The minimum atomic E-state index is -4.73. The van der Waals surface area contributed by atoms with Crippen molar-refractivity contribution in [3.63, 3.8) is 0 Å². The molecule has 5 aliphatic rings. The molecular formula is C52H62N6O11S. The molecule has 3 N–H and O–H groups in total. The molecule has 18 heteroatoms. The maximum absolute atomic E-state index is 14.2. The van der Waals surface area contributed by atoms with E-state index in [1.54, 1.807) is 24.4 Å². The van der Waals surface area contributed by atoms with Crippen LogP contribution in [-0.2, 0) is 14.8 Å². The first-order valence-electron chi connectivity index (χ1n) is 24.5. The van der Waals surface area contributed by atoms with Gasteiger partial charge in [-0.2, -0.15) is 4.98 Å². The molecular weight excluding hydrogens is 917 g/mol. The Balaban J connectivity index is 0.866. The minimum absolute atomic E-state index is 0.0498. The van der Waals surface area contributed by atoms with Gasteiger partial charge in [-0.3, -0.25) is 19.8 Å². The molecule has 0 bridgehead atoms. The lowest BCUT2D eigenvalue weighted by Crippen LogP contribution is -2.58. The van der Waals surface area contributed by atoms with Crippen LogP contribution in [0, 0.1) is 21.4 Å². The summed E-state index contributed by atoms with van der Waals surface area (Å²) in [6.45, 7) is 10.3. The van der Waals surface area contributed by atoms with E-state index in [0.717, 1.165) is 88.0 Å². The van der Waals surface area contributed by atoms with Crippen LogP contribution in [0.1, 0.15) is 112 Å². The Labute approximate surface area is 408 Å². The van der Waals surface area contributed by atoms with Crippen molar-refractivity contribution in [2.45, 2.75) is 113 Å². The number of morpholine rings is 1. The van der Waals surface area contributed by atoms with Crippen molar-refractivity contribution in [3.8, 4) is 28.9 Å². The summed E-state index contributed by atoms with van der Waals surface area (Å²) in [6, 6.07) is 20.1. The molecule has 0 radical (unpaired) electrons. The zero-order valence-corrected chi connectivity index (χ0v) is 41.0. The van der Waals surface area contributed by atoms with Gasteiger partial charge in [0.25, 0.3) is 21.8 Å². The summed E-state index contributed by atoms with van der Waals surface area (Å²) in [6.07, 6.45) is 8.88. The van der Waals surface area contributed by atoms with E-state index in [9.17, 15) is 28.4 Å². The average Bonchev–Trinajstić information content (AvgIpc) is 3.80. The van der Waals surface area contributed by atoms with Gasteiger partial charge in [-0.05, 0) is 117 Å². The summed E-state index contributed by atoms with van der Waals surface area (Å²) in [5.74, 6) is -0.232. The summed E-state index contributed by atoms with van der Waals surface area (Å²) < 4.78 is 60.3. The van der Waals surface area contributed by atoms with Crippen LogP contribution in [0.25, 0.3) is 11.0 Å². The second-order valence-corrected chi connectivity index (χ2v) is 22.2. The van der Waals surface area contributed by atoms with Gasteiger partial charge in [-0.25, -0.2) is 13.1 Å². The number of aromatic amines is 1. The lowest BCUT2D eigenvalue weighted by atomic mass is 9.59. The number of aromatic nitrogens is 2. The van der Waals surface area contributed by atoms with Gasteiger partial charge in [0.15, 0.2) is 11.5 Å². The second kappa shape index (κ2) is 19.0. The van der Waals surface area contributed by atoms with Crippen molar-refractivity contribution in [2.75, 3.05) is 51.5 Å². The van der Waals surface area contributed by atoms with Crippen LogP contribution >= 0.6 is 0 Å². The first kappa shape index (κ1) is 47.7. The minimum Gasteiger partial charge on any atom is -0.486 e. The number of hydrogen-bond donors (Lipinski definition) is 3. The number of ether oxygens (including phenoxy) is 5. The van der Waals surface area contributed by atoms with Gasteiger partial charge in [-0.1, -0.05) is 38.1 Å². The zero-order chi connectivity index (χ0) is 49.0. The molecule has 2 saturated carbocycles. The fraction of sp³-hybridized carbons (Fsp3) is 0.500. The first-order valence-corrected chi connectivity index (χ1v) is 26.0. The number of amides is 1. The van der Waals surface area contributed by atoms with Crippen LogP contribution in [0.5, 0.6) is 28.9 Å². The second-order valence-electron chi connectivity index (χ2n) is 20.5. The van der Waals surface area contributed by atoms with Gasteiger partial charge in [0.05, 0.1) is 47.3 Å². The molecule has 4 fully saturated rings. The Bertz CT molecular complexity index is 2880. The highest BCUT2D eigenvalue weighted by molar-refractivity contribution is 7.90. The number of aliphatic hydroxyl groups is 1. The van der Waals surface area contributed by atoms with E-state index in [1.807, 2.05) is 13.0 Å². The quantitative estimate of drug-likeness (QED) is 0.0745. The zero-order valence-electron chi connectivity index (χ0n) is 40.1. The largest absolute Gasteiger partial charge is 0.486 e. The standard InChI is InChI=1S/C52H62N6O11S/c1-32(2)39-7-5-6-8-40(39)43-31-66-22-21-57(43)36-28-52(29-36)16-19-56(20-17-52)35-9-10-41(44(25-35)69-46-24-34-13-18-53-48(34)54-50(46)65-4)49(59)55-70(63,64)38-26-42(58(61)62)47-45(27-38)67-30-37(68-47)23-33-11-14-51(3,60)15-12-33/h5-10,13,18,24-27,32-33,36-37,43,60H,11-12,14-17,19-23,28-31H2,1-4H3,(H,53,54)(H,55,59)/t33?,37-,43+,51?/m1/s1. The molecule has 5 aromatic rings. The average molecular weight is 979 g/mol. The van der Waals surface area contributed by atoms with Crippen LogP contribution in [0.4, 0.5) is 11.4 Å². The predicted octanol–water partition coefficient (Wildman–Crippen LogP) is 8.81. The number of anilines is 1. The van der Waals surface area contributed by atoms with Crippen molar-refractivity contribution in [1.29, 1.82) is 0 Å². The monoisotopic (exact) mass is 978 g/mol. The number of sulfonamides is 1. The van der Waals surface area contributed by atoms with Crippen molar-refractivity contribution in [3.05, 3.63) is 99.7 Å². The van der Waals surface area contributed by atoms with Gasteiger partial charge >= 0.3 is 5.69 Å². The molecule has 2 saturated heterocycles. The molecule has 3 aromatic carbocycles. The topological polar surface area (TPSA) is 208 Å². The molecule has 70 heavy (non-hydrogen) atoms. The highest BCUT2D eigenvalue weighted by atomic mass is 32.2. The molecule has 10 rings (SSSR count). The van der Waals surface area contributed by atoms with Crippen molar-refractivity contribution in [2.24, 2.45) is 11.3 Å². The Morgan fingerprint density at radius 2 is 1.79 bits per heavy atom. The fourth-order valence-electron chi connectivity index (χ4n) is 11.5. The van der Waals surface area contributed by atoms with E-state index in [0.29, 0.717) is 43.5 Å². The molecule has 2 aliphatic carbocycles. The highest BCUT2D eigenvalue weighted by Gasteiger charge is 2.50. The number of pyridine rings is 1. The maximum atomic E-state index is 14.2. The number of nitro groups is 1. The lowest BCUT2D eigenvalue weighted by molar-refractivity contribution is -0.386. The van der Waals surface area contributed by atoms with E-state index in [4.69, 9.17) is 23.7 Å². The number of nitrogens with one attached hydrogen (secondary N) is 2. The van der Waals surface area contributed by atoms with E-state index < -0.39 is 43.1 Å². The Kier molecular flexibility index (Phi) is 12.9. The van der Waals surface area contributed by atoms with Crippen molar-refractivity contribution in [1.82, 2.24) is 19.6 Å². The summed E-state index contributed by atoms with van der Waals surface area (Å²) in [5, 5.41) is 23.5. The maximum Gasteiger partial charge on any atom is 0.316 e. The number of benzene rings is 3. The molecule has 17 nitrogen and oxygen atoms in total. The molecule has 1 amide bonds. The van der Waals surface area contributed by atoms with Crippen molar-refractivity contribution < 1.29 is 46.9 Å². The first-order chi connectivity index (χ1) is 33.6. The van der Waals surface area contributed by atoms with Gasteiger partial charge in [0, 0.05) is 61.1 Å².